The molecule has 3 aromatic rings. The van der Waals surface area contributed by atoms with Gasteiger partial charge >= 0.3 is 12.1 Å². The Balaban J connectivity index is 1.23. The van der Waals surface area contributed by atoms with Crippen molar-refractivity contribution >= 4 is 35.3 Å². The molecule has 4 heterocycles. The lowest BCUT2D eigenvalue weighted by atomic mass is 10.0. The number of urea groups is 1. The van der Waals surface area contributed by atoms with Crippen molar-refractivity contribution in [2.24, 2.45) is 0 Å². The van der Waals surface area contributed by atoms with E-state index in [2.05, 4.69) is 20.6 Å². The van der Waals surface area contributed by atoms with Crippen LogP contribution < -0.4 is 10.6 Å². The van der Waals surface area contributed by atoms with E-state index in [9.17, 15) is 14.4 Å². The number of amides is 4. The number of piperidine rings is 1. The zero-order valence-corrected chi connectivity index (χ0v) is 21.2. The molecule has 10 nitrogen and oxygen atoms in total. The van der Waals surface area contributed by atoms with Gasteiger partial charge in [0.05, 0.1) is 18.4 Å². The molecule has 0 unspecified atom stereocenters. The summed E-state index contributed by atoms with van der Waals surface area (Å²) in [6.45, 7) is 3.37. The predicted molar refractivity (Wildman–Crippen MR) is 138 cm³/mol. The van der Waals surface area contributed by atoms with Gasteiger partial charge in [-0.2, -0.15) is 0 Å². The normalized spacial score (nSPS) is 16.4. The Hall–Kier alpha value is -3.92. The third kappa shape index (κ3) is 5.43. The summed E-state index contributed by atoms with van der Waals surface area (Å²) in [4.78, 5) is 51.2. The molecule has 0 aliphatic carbocycles. The second kappa shape index (κ2) is 10.6. The summed E-state index contributed by atoms with van der Waals surface area (Å²) in [5.74, 6) is 0.531. The van der Waals surface area contributed by atoms with Crippen LogP contribution in [0.5, 0.6) is 0 Å². The number of halogens is 1. The van der Waals surface area contributed by atoms with Crippen molar-refractivity contribution in [1.82, 2.24) is 29.7 Å². The van der Waals surface area contributed by atoms with E-state index < -0.39 is 12.1 Å². The van der Waals surface area contributed by atoms with Crippen LogP contribution in [0, 0.1) is 6.92 Å². The number of rotatable bonds is 6. The summed E-state index contributed by atoms with van der Waals surface area (Å²) >= 11 is 5.92. The summed E-state index contributed by atoms with van der Waals surface area (Å²) in [6.07, 6.45) is 6.76. The Labute approximate surface area is 219 Å². The van der Waals surface area contributed by atoms with Gasteiger partial charge in [0.2, 0.25) is 5.91 Å². The average Bonchev–Trinajstić information content (AvgIpc) is 3.44. The molecule has 0 saturated carbocycles. The van der Waals surface area contributed by atoms with Gasteiger partial charge < -0.3 is 20.4 Å². The number of anilines is 1. The maximum absolute atomic E-state index is 13.6. The van der Waals surface area contributed by atoms with Gasteiger partial charge in [0.15, 0.2) is 0 Å². The van der Waals surface area contributed by atoms with Crippen LogP contribution in [0.25, 0.3) is 0 Å². The summed E-state index contributed by atoms with van der Waals surface area (Å²) in [7, 11) is 0. The van der Waals surface area contributed by atoms with Crippen LogP contribution in [0.1, 0.15) is 29.9 Å². The Kier molecular flexibility index (Phi) is 7.09. The lowest BCUT2D eigenvalue weighted by Crippen LogP contribution is -2.54. The quantitative estimate of drug-likeness (QED) is 0.516. The molecule has 1 fully saturated rings. The van der Waals surface area contributed by atoms with Crippen molar-refractivity contribution in [3.8, 4) is 0 Å². The number of carbonyl (C=O) groups is 3. The van der Waals surface area contributed by atoms with Crippen molar-refractivity contribution in [3.05, 3.63) is 77.1 Å². The van der Waals surface area contributed by atoms with Crippen molar-refractivity contribution < 1.29 is 14.4 Å². The Morgan fingerprint density at radius 3 is 2.57 bits per heavy atom. The number of aromatic nitrogens is 3. The van der Waals surface area contributed by atoms with Gasteiger partial charge in [-0.3, -0.25) is 14.3 Å². The molecule has 2 aromatic heterocycles. The van der Waals surface area contributed by atoms with E-state index in [1.54, 1.807) is 58.4 Å². The highest BCUT2D eigenvalue weighted by Crippen LogP contribution is 2.26. The van der Waals surface area contributed by atoms with E-state index in [-0.39, 0.29) is 18.0 Å². The van der Waals surface area contributed by atoms with Crippen LogP contribution >= 0.6 is 11.6 Å². The Morgan fingerprint density at radius 1 is 1.14 bits per heavy atom. The molecule has 1 atom stereocenters. The molecular weight excluding hydrogens is 494 g/mol. The fraction of sp³-hybridized carbons (Fsp3) is 0.346. The monoisotopic (exact) mass is 521 g/mol. The zero-order valence-electron chi connectivity index (χ0n) is 20.4. The smallest absolute Gasteiger partial charge is 0.330 e. The first-order chi connectivity index (χ1) is 17.9. The van der Waals surface area contributed by atoms with E-state index in [0.29, 0.717) is 55.4 Å². The summed E-state index contributed by atoms with van der Waals surface area (Å²) in [5, 5.41) is 6.16. The molecule has 2 aliphatic rings. The molecule has 4 amide bonds. The lowest BCUT2D eigenvalue weighted by Gasteiger charge is -2.37. The minimum absolute atomic E-state index is 0.0498. The second-order valence-corrected chi connectivity index (χ2v) is 9.76. The van der Waals surface area contributed by atoms with Gasteiger partial charge in [-0.25, -0.2) is 14.6 Å². The van der Waals surface area contributed by atoms with Gasteiger partial charge in [-0.15, -0.1) is 0 Å². The summed E-state index contributed by atoms with van der Waals surface area (Å²) in [5.41, 5.74) is 2.31. The predicted octanol–water partition coefficient (Wildman–Crippen LogP) is 3.45. The maximum Gasteiger partial charge on any atom is 0.330 e. The SMILES string of the molecule is Cc1ncc2n1C(=O)N(C1CCN(C(=O)[C@@H](Cc3cccnc3)NC(=O)Nc3ccc(Cl)cc3)CC1)C2. The number of imidazole rings is 1. The van der Waals surface area contributed by atoms with Gasteiger partial charge in [-0.05, 0) is 55.7 Å². The highest BCUT2D eigenvalue weighted by Gasteiger charge is 2.37. The second-order valence-electron chi connectivity index (χ2n) is 9.32. The third-order valence-corrected chi connectivity index (χ3v) is 7.12. The number of likely N-dealkylation sites (tertiary alicyclic amines) is 1. The zero-order chi connectivity index (χ0) is 25.9. The molecular formula is C26H28ClN7O3. The largest absolute Gasteiger partial charge is 0.341 e. The van der Waals surface area contributed by atoms with Crippen molar-refractivity contribution in [3.63, 3.8) is 0 Å². The van der Waals surface area contributed by atoms with Gasteiger partial charge in [0, 0.05) is 48.7 Å². The average molecular weight is 522 g/mol. The van der Waals surface area contributed by atoms with Crippen LogP contribution in [0.2, 0.25) is 5.02 Å². The molecule has 0 spiro atoms. The molecule has 2 N–H and O–H groups in total. The van der Waals surface area contributed by atoms with Gasteiger partial charge in [0.1, 0.15) is 11.9 Å². The molecule has 0 radical (unpaired) electrons. The Bertz CT molecular complexity index is 1290. The van der Waals surface area contributed by atoms with Gasteiger partial charge in [-0.1, -0.05) is 17.7 Å². The van der Waals surface area contributed by atoms with E-state index >= 15 is 0 Å². The number of aryl methyl sites for hydroxylation is 1. The molecule has 5 rings (SSSR count). The van der Waals surface area contributed by atoms with Gasteiger partial charge in [0.25, 0.3) is 0 Å². The number of nitrogens with one attached hydrogen (secondary N) is 2. The van der Waals surface area contributed by atoms with Crippen molar-refractivity contribution in [2.45, 2.75) is 44.8 Å². The van der Waals surface area contributed by atoms with Crippen LogP contribution in [0.15, 0.2) is 55.0 Å². The van der Waals surface area contributed by atoms with Crippen LogP contribution in [0.3, 0.4) is 0 Å². The summed E-state index contributed by atoms with van der Waals surface area (Å²) in [6, 6.07) is 9.18. The standard InChI is InChI=1S/C26H28ClN7O3/c1-17-29-15-22-16-33(26(37)34(17)22)21-8-11-32(12-9-21)24(35)23(13-18-3-2-10-28-14-18)31-25(36)30-20-6-4-19(27)5-7-20/h2-7,10,14-15,21,23H,8-9,11-13,16H2,1H3,(H2,30,31,36)/t23-/m1/s1. The molecule has 37 heavy (non-hydrogen) atoms. The number of pyridine rings is 1. The first kappa shape index (κ1) is 24.8. The minimum Gasteiger partial charge on any atom is -0.341 e. The molecule has 11 heteroatoms. The molecule has 2 aliphatic heterocycles. The minimum atomic E-state index is -0.768. The Morgan fingerprint density at radius 2 is 1.89 bits per heavy atom. The van der Waals surface area contributed by atoms with Crippen molar-refractivity contribution in [2.75, 3.05) is 18.4 Å². The maximum atomic E-state index is 13.6. The van der Waals surface area contributed by atoms with E-state index in [1.165, 1.54) is 0 Å². The number of carbonyl (C=O) groups excluding carboxylic acids is 3. The fourth-order valence-corrected chi connectivity index (χ4v) is 5.08. The number of fused-ring (bicyclic) bond motifs is 1. The van der Waals surface area contributed by atoms with Crippen molar-refractivity contribution in [1.29, 1.82) is 0 Å². The van der Waals surface area contributed by atoms with Crippen LogP contribution in [0.4, 0.5) is 15.3 Å². The fourth-order valence-electron chi connectivity index (χ4n) is 4.95. The number of hydrogen-bond donors (Lipinski definition) is 2. The van der Waals surface area contributed by atoms with E-state index in [0.717, 1.165) is 11.3 Å². The molecule has 0 bridgehead atoms. The number of hydrogen-bond acceptors (Lipinski definition) is 5. The third-order valence-electron chi connectivity index (χ3n) is 6.87. The van der Waals surface area contributed by atoms with Crippen LogP contribution in [-0.2, 0) is 17.8 Å². The van der Waals surface area contributed by atoms with E-state index in [1.807, 2.05) is 17.9 Å². The number of benzene rings is 1. The summed E-state index contributed by atoms with van der Waals surface area (Å²) < 4.78 is 1.66. The van der Waals surface area contributed by atoms with E-state index in [4.69, 9.17) is 11.6 Å². The first-order valence-electron chi connectivity index (χ1n) is 12.2. The number of nitrogens with zero attached hydrogens (tertiary/aromatic N) is 5. The highest BCUT2D eigenvalue weighted by molar-refractivity contribution is 6.30. The topological polar surface area (TPSA) is 112 Å². The molecule has 1 aromatic carbocycles. The highest BCUT2D eigenvalue weighted by atomic mass is 35.5. The van der Waals surface area contributed by atoms with Crippen LogP contribution in [-0.4, -0.2) is 67.5 Å². The molecule has 192 valence electrons. The molecule has 1 saturated heterocycles. The first-order valence-corrected chi connectivity index (χ1v) is 12.6. The lowest BCUT2D eigenvalue weighted by molar-refractivity contribution is -0.134.